The molecule has 2 aliphatic rings. The molecule has 0 spiro atoms. The highest BCUT2D eigenvalue weighted by Crippen LogP contribution is 2.26. The van der Waals surface area contributed by atoms with Gasteiger partial charge in [-0.05, 0) is 91.6 Å². The first-order valence-electron chi connectivity index (χ1n) is 15.7. The Hall–Kier alpha value is -4.38. The van der Waals surface area contributed by atoms with Crippen LogP contribution in [-0.2, 0) is 0 Å². The summed E-state index contributed by atoms with van der Waals surface area (Å²) in [5, 5.41) is 8.46. The van der Waals surface area contributed by atoms with E-state index in [0.717, 1.165) is 75.5 Å². The number of ether oxygens (including phenoxy) is 2. The van der Waals surface area contributed by atoms with Crippen LogP contribution in [0.25, 0.3) is 33.8 Å². The lowest BCUT2D eigenvalue weighted by atomic mass is 9.98. The predicted octanol–water partition coefficient (Wildman–Crippen LogP) is 7.77. The number of hydrogen-bond acceptors (Lipinski definition) is 8. The predicted molar refractivity (Wildman–Crippen MR) is 175 cm³/mol. The Morgan fingerprint density at radius 2 is 1.16 bits per heavy atom. The third-order valence-corrected chi connectivity index (χ3v) is 8.89. The van der Waals surface area contributed by atoms with Gasteiger partial charge in [-0.2, -0.15) is 10.2 Å². The summed E-state index contributed by atoms with van der Waals surface area (Å²) in [6.45, 7) is 0. The molecular formula is C34H35BrN8O2. The van der Waals surface area contributed by atoms with E-state index in [1.807, 2.05) is 55.1 Å². The second-order valence-corrected chi connectivity index (χ2v) is 12.4. The van der Waals surface area contributed by atoms with Crippen molar-refractivity contribution in [2.75, 3.05) is 0 Å². The second kappa shape index (κ2) is 13.7. The number of nitrogens with zero attached hydrogens (tertiary/aromatic N) is 8. The van der Waals surface area contributed by atoms with Crippen molar-refractivity contribution in [1.82, 2.24) is 39.2 Å². The minimum absolute atomic E-state index is 0.343. The molecular weight excluding hydrogens is 632 g/mol. The van der Waals surface area contributed by atoms with Crippen LogP contribution in [0.3, 0.4) is 0 Å². The van der Waals surface area contributed by atoms with Crippen molar-refractivity contribution < 1.29 is 9.47 Å². The molecule has 0 bridgehead atoms. The maximum Gasteiger partial charge on any atom is 0.169 e. The van der Waals surface area contributed by atoms with E-state index in [1.165, 1.54) is 38.5 Å². The van der Waals surface area contributed by atoms with E-state index in [9.17, 15) is 0 Å². The molecule has 0 aromatic carbocycles. The zero-order chi connectivity index (χ0) is 30.4. The van der Waals surface area contributed by atoms with Gasteiger partial charge in [0.2, 0.25) is 0 Å². The van der Waals surface area contributed by atoms with Gasteiger partial charge in [0.05, 0.1) is 52.9 Å². The number of halogens is 1. The molecule has 0 saturated heterocycles. The maximum absolute atomic E-state index is 6.02. The molecule has 6 aromatic rings. The molecule has 0 aliphatic heterocycles. The van der Waals surface area contributed by atoms with Crippen molar-refractivity contribution in [2.45, 2.75) is 76.4 Å². The van der Waals surface area contributed by atoms with Gasteiger partial charge in [0.25, 0.3) is 0 Å². The minimum Gasteiger partial charge on any atom is -0.489 e. The average molecular weight is 668 g/mol. The van der Waals surface area contributed by atoms with Crippen LogP contribution in [0.1, 0.15) is 64.2 Å². The first kappa shape index (κ1) is 29.3. The summed E-state index contributed by atoms with van der Waals surface area (Å²) >= 11 is 3.43. The molecule has 2 saturated carbocycles. The summed E-state index contributed by atoms with van der Waals surface area (Å²) in [5.74, 6) is 1.69. The van der Waals surface area contributed by atoms with Crippen LogP contribution in [0, 0.1) is 0 Å². The molecule has 230 valence electrons. The summed E-state index contributed by atoms with van der Waals surface area (Å²) in [7, 11) is 0. The highest BCUT2D eigenvalue weighted by Gasteiger charge is 2.16. The van der Waals surface area contributed by atoms with Crippen LogP contribution in [0.2, 0.25) is 0 Å². The Bertz CT molecular complexity index is 1840. The molecule has 2 fully saturated rings. The van der Waals surface area contributed by atoms with Crippen LogP contribution >= 0.6 is 15.9 Å². The van der Waals surface area contributed by atoms with Gasteiger partial charge in [-0.1, -0.05) is 12.8 Å². The molecule has 6 heterocycles. The van der Waals surface area contributed by atoms with Crippen molar-refractivity contribution in [2.24, 2.45) is 0 Å². The fourth-order valence-electron chi connectivity index (χ4n) is 5.91. The van der Waals surface area contributed by atoms with Crippen LogP contribution in [0.4, 0.5) is 0 Å². The molecule has 45 heavy (non-hydrogen) atoms. The van der Waals surface area contributed by atoms with E-state index >= 15 is 0 Å². The van der Waals surface area contributed by atoms with Crippen LogP contribution < -0.4 is 9.47 Å². The van der Waals surface area contributed by atoms with Gasteiger partial charge in [0.1, 0.15) is 11.5 Å². The Balaban J connectivity index is 0.000000145. The lowest BCUT2D eigenvalue weighted by Crippen LogP contribution is -2.19. The van der Waals surface area contributed by atoms with Gasteiger partial charge in [0, 0.05) is 42.0 Å². The Morgan fingerprint density at radius 3 is 1.73 bits per heavy atom. The molecule has 0 amide bonds. The molecule has 0 unspecified atom stereocenters. The highest BCUT2D eigenvalue weighted by molar-refractivity contribution is 9.10. The maximum atomic E-state index is 6.02. The fourth-order valence-corrected chi connectivity index (χ4v) is 6.29. The van der Waals surface area contributed by atoms with E-state index in [0.29, 0.717) is 12.2 Å². The summed E-state index contributed by atoms with van der Waals surface area (Å²) < 4.78 is 16.4. The average Bonchev–Trinajstić information content (AvgIpc) is 3.72. The van der Waals surface area contributed by atoms with Crippen LogP contribution in [0.5, 0.6) is 11.5 Å². The van der Waals surface area contributed by atoms with Gasteiger partial charge in [0.15, 0.2) is 11.3 Å². The van der Waals surface area contributed by atoms with Crippen molar-refractivity contribution in [3.63, 3.8) is 0 Å². The Kier molecular flexibility index (Phi) is 8.95. The molecule has 11 heteroatoms. The lowest BCUT2D eigenvalue weighted by molar-refractivity contribution is 0.154. The van der Waals surface area contributed by atoms with Gasteiger partial charge in [-0.3, -0.25) is 9.97 Å². The van der Waals surface area contributed by atoms with E-state index in [1.54, 1.807) is 33.8 Å². The quantitative estimate of drug-likeness (QED) is 0.178. The number of fused-ring (bicyclic) bond motifs is 2. The van der Waals surface area contributed by atoms with Crippen molar-refractivity contribution in [3.05, 3.63) is 84.4 Å². The Morgan fingerprint density at radius 1 is 0.578 bits per heavy atom. The first-order chi connectivity index (χ1) is 22.2. The highest BCUT2D eigenvalue weighted by atomic mass is 79.9. The smallest absolute Gasteiger partial charge is 0.169 e. The zero-order valence-electron chi connectivity index (χ0n) is 25.0. The summed E-state index contributed by atoms with van der Waals surface area (Å²) in [6.07, 6.45) is 27.6. The third kappa shape index (κ3) is 7.14. The molecule has 0 radical (unpaired) electrons. The van der Waals surface area contributed by atoms with Gasteiger partial charge < -0.3 is 9.47 Å². The zero-order valence-corrected chi connectivity index (χ0v) is 26.6. The van der Waals surface area contributed by atoms with Gasteiger partial charge >= 0.3 is 0 Å². The van der Waals surface area contributed by atoms with Crippen LogP contribution in [0.15, 0.2) is 84.4 Å². The van der Waals surface area contributed by atoms with Crippen molar-refractivity contribution in [3.8, 4) is 34.0 Å². The van der Waals surface area contributed by atoms with E-state index in [2.05, 4.69) is 46.1 Å². The molecule has 6 aromatic heterocycles. The Labute approximate surface area is 270 Å². The minimum atomic E-state index is 0.343. The first-order valence-corrected chi connectivity index (χ1v) is 16.5. The lowest BCUT2D eigenvalue weighted by Gasteiger charge is -2.22. The normalized spacial score (nSPS) is 15.9. The van der Waals surface area contributed by atoms with E-state index in [-0.39, 0.29) is 0 Å². The summed E-state index contributed by atoms with van der Waals surface area (Å²) in [5.41, 5.74) is 5.24. The van der Waals surface area contributed by atoms with Gasteiger partial charge in [-0.15, -0.1) is 0 Å². The topological polar surface area (TPSA) is 105 Å². The third-order valence-electron chi connectivity index (χ3n) is 8.33. The summed E-state index contributed by atoms with van der Waals surface area (Å²) in [6, 6.07) is 9.80. The van der Waals surface area contributed by atoms with Crippen molar-refractivity contribution in [1.29, 1.82) is 0 Å². The molecule has 8 rings (SSSR count). The molecule has 0 N–H and O–H groups in total. The van der Waals surface area contributed by atoms with E-state index in [4.69, 9.17) is 9.47 Å². The molecule has 2 aliphatic carbocycles. The standard InChI is InChI=1S/C17H17BrN4O.C17H18N4O/c18-15-10-21-22-11-12(8-20-17(15)22)16-7-6-14(9-19-16)23-13-4-2-1-3-5-13;1-2-4-14(5-3-1)22-15-6-7-16(18-11-15)13-10-19-17-8-9-20-21(17)12-13/h6-11,13H,1-5H2;6-12,14H,1-5H2. The fraction of sp³-hybridized carbons (Fsp3) is 0.353. The monoisotopic (exact) mass is 666 g/mol. The second-order valence-electron chi connectivity index (χ2n) is 11.6. The molecule has 0 atom stereocenters. The van der Waals surface area contributed by atoms with Crippen molar-refractivity contribution >= 4 is 27.2 Å². The number of aromatic nitrogens is 8. The van der Waals surface area contributed by atoms with E-state index < -0.39 is 0 Å². The number of hydrogen-bond donors (Lipinski definition) is 0. The van der Waals surface area contributed by atoms with Crippen LogP contribution in [-0.4, -0.2) is 51.4 Å². The number of rotatable bonds is 6. The summed E-state index contributed by atoms with van der Waals surface area (Å²) in [4.78, 5) is 17.8. The number of pyridine rings is 2. The molecule has 10 nitrogen and oxygen atoms in total. The van der Waals surface area contributed by atoms with Gasteiger partial charge in [-0.25, -0.2) is 19.0 Å². The SMILES string of the molecule is Brc1cnn2cc(-c3ccc(OC4CCCCC4)cn3)cnc12.c1cc2ncc(-c3ccc(OC4CCCCC4)cn3)cn2n1. The largest absolute Gasteiger partial charge is 0.489 e.